The summed E-state index contributed by atoms with van der Waals surface area (Å²) in [6.07, 6.45) is 5.95. The molecule has 0 unspecified atom stereocenters. The zero-order valence-corrected chi connectivity index (χ0v) is 12.7. The van der Waals surface area contributed by atoms with Gasteiger partial charge in [0, 0.05) is 6.04 Å². The van der Waals surface area contributed by atoms with E-state index in [0.717, 1.165) is 31.7 Å². The first-order chi connectivity index (χ1) is 9.22. The molecular formula is C17H29NO. The quantitative estimate of drug-likeness (QED) is 0.639. The van der Waals surface area contributed by atoms with E-state index in [1.54, 1.807) is 0 Å². The van der Waals surface area contributed by atoms with E-state index < -0.39 is 0 Å². The van der Waals surface area contributed by atoms with Gasteiger partial charge in [-0.15, -0.1) is 0 Å². The van der Waals surface area contributed by atoms with Crippen LogP contribution in [0.1, 0.15) is 52.0 Å². The SMILES string of the molecule is CCCc1ccc(OCCCCCNC(C)C)cc1. The molecule has 0 saturated carbocycles. The van der Waals surface area contributed by atoms with Crippen LogP contribution in [0.15, 0.2) is 24.3 Å². The second-order valence-corrected chi connectivity index (χ2v) is 5.41. The van der Waals surface area contributed by atoms with Crippen LogP contribution >= 0.6 is 0 Å². The van der Waals surface area contributed by atoms with Gasteiger partial charge in [0.2, 0.25) is 0 Å². The highest BCUT2D eigenvalue weighted by Gasteiger charge is 1.96. The van der Waals surface area contributed by atoms with Gasteiger partial charge in [0.25, 0.3) is 0 Å². The van der Waals surface area contributed by atoms with Crippen LogP contribution in [0.25, 0.3) is 0 Å². The molecule has 0 heterocycles. The van der Waals surface area contributed by atoms with Crippen molar-refractivity contribution in [3.8, 4) is 5.75 Å². The molecule has 0 atom stereocenters. The smallest absolute Gasteiger partial charge is 0.119 e. The summed E-state index contributed by atoms with van der Waals surface area (Å²) >= 11 is 0. The predicted molar refractivity (Wildman–Crippen MR) is 82.9 cm³/mol. The van der Waals surface area contributed by atoms with Gasteiger partial charge in [-0.05, 0) is 49.9 Å². The highest BCUT2D eigenvalue weighted by atomic mass is 16.5. The number of nitrogens with one attached hydrogen (secondary N) is 1. The molecule has 1 aromatic carbocycles. The summed E-state index contributed by atoms with van der Waals surface area (Å²) < 4.78 is 5.75. The van der Waals surface area contributed by atoms with Crippen LogP contribution in [0.4, 0.5) is 0 Å². The van der Waals surface area contributed by atoms with E-state index >= 15 is 0 Å². The molecule has 0 spiro atoms. The molecule has 1 rings (SSSR count). The molecule has 0 aromatic heterocycles. The van der Waals surface area contributed by atoms with Crippen LogP contribution in [0.2, 0.25) is 0 Å². The number of ether oxygens (including phenoxy) is 1. The molecule has 0 amide bonds. The van der Waals surface area contributed by atoms with Crippen molar-refractivity contribution in [1.29, 1.82) is 0 Å². The predicted octanol–water partition coefficient (Wildman–Crippen LogP) is 4.19. The Hall–Kier alpha value is -1.02. The third-order valence-corrected chi connectivity index (χ3v) is 3.10. The maximum Gasteiger partial charge on any atom is 0.119 e. The van der Waals surface area contributed by atoms with E-state index in [4.69, 9.17) is 4.74 Å². The Labute approximate surface area is 118 Å². The van der Waals surface area contributed by atoms with Gasteiger partial charge in [-0.1, -0.05) is 39.3 Å². The largest absolute Gasteiger partial charge is 0.494 e. The number of rotatable bonds is 10. The average molecular weight is 263 g/mol. The first kappa shape index (κ1) is 16.0. The first-order valence-electron chi connectivity index (χ1n) is 7.67. The lowest BCUT2D eigenvalue weighted by Gasteiger charge is -2.09. The van der Waals surface area contributed by atoms with Gasteiger partial charge in [-0.2, -0.15) is 0 Å². The molecule has 1 N–H and O–H groups in total. The zero-order chi connectivity index (χ0) is 13.9. The molecule has 1 aromatic rings. The molecule has 2 nitrogen and oxygen atoms in total. The van der Waals surface area contributed by atoms with Crippen molar-refractivity contribution < 1.29 is 4.74 Å². The number of benzene rings is 1. The molecule has 0 bridgehead atoms. The van der Waals surface area contributed by atoms with Gasteiger partial charge in [0.15, 0.2) is 0 Å². The average Bonchev–Trinajstić information content (AvgIpc) is 2.39. The van der Waals surface area contributed by atoms with Crippen molar-refractivity contribution in [3.05, 3.63) is 29.8 Å². The molecular weight excluding hydrogens is 234 g/mol. The highest BCUT2D eigenvalue weighted by Crippen LogP contribution is 2.13. The third-order valence-electron chi connectivity index (χ3n) is 3.10. The molecule has 19 heavy (non-hydrogen) atoms. The summed E-state index contributed by atoms with van der Waals surface area (Å²) in [7, 11) is 0. The Morgan fingerprint density at radius 2 is 1.79 bits per heavy atom. The van der Waals surface area contributed by atoms with Crippen LogP contribution in [0, 0.1) is 0 Å². The van der Waals surface area contributed by atoms with Gasteiger partial charge in [0.1, 0.15) is 5.75 Å². The molecule has 0 aliphatic carbocycles. The summed E-state index contributed by atoms with van der Waals surface area (Å²) in [6, 6.07) is 9.12. The number of aryl methyl sites for hydroxylation is 1. The monoisotopic (exact) mass is 263 g/mol. The molecule has 0 fully saturated rings. The van der Waals surface area contributed by atoms with Crippen LogP contribution in [-0.4, -0.2) is 19.2 Å². The fraction of sp³-hybridized carbons (Fsp3) is 0.647. The van der Waals surface area contributed by atoms with E-state index in [1.165, 1.54) is 24.8 Å². The number of hydrogen-bond acceptors (Lipinski definition) is 2. The molecule has 0 radical (unpaired) electrons. The Kier molecular flexibility index (Phi) is 8.31. The molecule has 0 saturated heterocycles. The minimum absolute atomic E-state index is 0.595. The van der Waals surface area contributed by atoms with Crippen molar-refractivity contribution in [3.63, 3.8) is 0 Å². The van der Waals surface area contributed by atoms with E-state index in [1.807, 2.05) is 0 Å². The summed E-state index contributed by atoms with van der Waals surface area (Å²) in [5, 5.41) is 3.43. The van der Waals surface area contributed by atoms with Crippen LogP contribution < -0.4 is 10.1 Å². The van der Waals surface area contributed by atoms with Gasteiger partial charge in [-0.25, -0.2) is 0 Å². The molecule has 0 aliphatic rings. The topological polar surface area (TPSA) is 21.3 Å². The molecule has 0 aliphatic heterocycles. The molecule has 2 heteroatoms. The van der Waals surface area contributed by atoms with Crippen LogP contribution in [0.3, 0.4) is 0 Å². The normalized spacial score (nSPS) is 10.9. The van der Waals surface area contributed by atoms with E-state index in [2.05, 4.69) is 50.4 Å². The first-order valence-corrected chi connectivity index (χ1v) is 7.67. The summed E-state index contributed by atoms with van der Waals surface area (Å²) in [6.45, 7) is 8.52. The second kappa shape index (κ2) is 9.85. The highest BCUT2D eigenvalue weighted by molar-refractivity contribution is 5.27. The Morgan fingerprint density at radius 3 is 2.42 bits per heavy atom. The van der Waals surface area contributed by atoms with Crippen molar-refractivity contribution >= 4 is 0 Å². The van der Waals surface area contributed by atoms with Crippen molar-refractivity contribution in [2.75, 3.05) is 13.2 Å². The Bertz CT molecular complexity index is 319. The van der Waals surface area contributed by atoms with Gasteiger partial charge >= 0.3 is 0 Å². The lowest BCUT2D eigenvalue weighted by atomic mass is 10.1. The fourth-order valence-corrected chi connectivity index (χ4v) is 2.03. The standard InChI is InChI=1S/C17H29NO/c1-4-8-16-9-11-17(12-10-16)19-14-7-5-6-13-18-15(2)3/h9-12,15,18H,4-8,13-14H2,1-3H3. The maximum atomic E-state index is 5.75. The van der Waals surface area contributed by atoms with E-state index in [9.17, 15) is 0 Å². The van der Waals surface area contributed by atoms with Gasteiger partial charge in [-0.3, -0.25) is 0 Å². The van der Waals surface area contributed by atoms with Gasteiger partial charge in [0.05, 0.1) is 6.61 Å². The van der Waals surface area contributed by atoms with Crippen LogP contribution in [0.5, 0.6) is 5.75 Å². The minimum atomic E-state index is 0.595. The van der Waals surface area contributed by atoms with Crippen LogP contribution in [-0.2, 0) is 6.42 Å². The Balaban J connectivity index is 2.05. The van der Waals surface area contributed by atoms with Crippen molar-refractivity contribution in [1.82, 2.24) is 5.32 Å². The lowest BCUT2D eigenvalue weighted by molar-refractivity contribution is 0.304. The Morgan fingerprint density at radius 1 is 1.05 bits per heavy atom. The van der Waals surface area contributed by atoms with Crippen molar-refractivity contribution in [2.45, 2.75) is 58.9 Å². The van der Waals surface area contributed by atoms with Gasteiger partial charge < -0.3 is 10.1 Å². The maximum absolute atomic E-state index is 5.75. The summed E-state index contributed by atoms with van der Waals surface area (Å²) in [5.74, 6) is 1.00. The number of unbranched alkanes of at least 4 members (excludes halogenated alkanes) is 2. The lowest BCUT2D eigenvalue weighted by Crippen LogP contribution is -2.23. The number of hydrogen-bond donors (Lipinski definition) is 1. The van der Waals surface area contributed by atoms with Crippen molar-refractivity contribution in [2.24, 2.45) is 0 Å². The molecule has 108 valence electrons. The zero-order valence-electron chi connectivity index (χ0n) is 12.7. The van der Waals surface area contributed by atoms with E-state index in [-0.39, 0.29) is 0 Å². The summed E-state index contributed by atoms with van der Waals surface area (Å²) in [4.78, 5) is 0. The summed E-state index contributed by atoms with van der Waals surface area (Å²) in [5.41, 5.74) is 1.40. The minimum Gasteiger partial charge on any atom is -0.494 e. The fourth-order valence-electron chi connectivity index (χ4n) is 2.03. The second-order valence-electron chi connectivity index (χ2n) is 5.41. The third kappa shape index (κ3) is 7.89. The van der Waals surface area contributed by atoms with E-state index in [0.29, 0.717) is 6.04 Å².